The highest BCUT2D eigenvalue weighted by Crippen LogP contribution is 2.24. The van der Waals surface area contributed by atoms with Gasteiger partial charge in [0, 0.05) is 23.6 Å². The van der Waals surface area contributed by atoms with E-state index in [1.807, 2.05) is 30.3 Å². The summed E-state index contributed by atoms with van der Waals surface area (Å²) in [6, 6.07) is 9.42. The van der Waals surface area contributed by atoms with Crippen LogP contribution in [0.2, 0.25) is 0 Å². The Morgan fingerprint density at radius 3 is 2.95 bits per heavy atom. The molecular formula is C15H16N4O. The van der Waals surface area contributed by atoms with Gasteiger partial charge in [0.05, 0.1) is 11.6 Å². The van der Waals surface area contributed by atoms with Crippen LogP contribution in [0.5, 0.6) is 0 Å². The minimum atomic E-state index is -0.428. The minimum Gasteiger partial charge on any atom is -0.339 e. The molecule has 0 saturated carbocycles. The highest BCUT2D eigenvalue weighted by atomic mass is 16.5. The quantitative estimate of drug-likeness (QED) is 0.787. The second-order valence-corrected chi connectivity index (χ2v) is 4.70. The van der Waals surface area contributed by atoms with Crippen molar-refractivity contribution >= 4 is 10.9 Å². The van der Waals surface area contributed by atoms with Crippen LogP contribution in [0.4, 0.5) is 0 Å². The Hall–Kier alpha value is -2.27. The van der Waals surface area contributed by atoms with Gasteiger partial charge in [-0.05, 0) is 12.5 Å². The third-order valence-electron chi connectivity index (χ3n) is 3.22. The number of fused-ring (bicyclic) bond motifs is 1. The van der Waals surface area contributed by atoms with Crippen LogP contribution in [0.1, 0.15) is 36.7 Å². The van der Waals surface area contributed by atoms with Gasteiger partial charge in [-0.1, -0.05) is 36.3 Å². The Morgan fingerprint density at radius 1 is 1.25 bits per heavy atom. The molecule has 1 unspecified atom stereocenters. The molecule has 2 N–H and O–H groups in total. The van der Waals surface area contributed by atoms with Crippen molar-refractivity contribution in [2.45, 2.75) is 25.8 Å². The molecule has 3 aromatic rings. The number of hydrogen-bond acceptors (Lipinski definition) is 5. The molecule has 0 saturated heterocycles. The van der Waals surface area contributed by atoms with Gasteiger partial charge in [-0.25, -0.2) is 0 Å². The summed E-state index contributed by atoms with van der Waals surface area (Å²) in [5.74, 6) is 1.14. The summed E-state index contributed by atoms with van der Waals surface area (Å²) in [6.45, 7) is 2.07. The van der Waals surface area contributed by atoms with E-state index in [0.717, 1.165) is 29.3 Å². The zero-order valence-corrected chi connectivity index (χ0v) is 11.3. The highest BCUT2D eigenvalue weighted by Gasteiger charge is 2.18. The molecule has 0 radical (unpaired) electrons. The zero-order chi connectivity index (χ0) is 13.9. The number of hydrogen-bond donors (Lipinski definition) is 1. The van der Waals surface area contributed by atoms with Crippen LogP contribution in [-0.4, -0.2) is 15.1 Å². The van der Waals surface area contributed by atoms with Gasteiger partial charge >= 0.3 is 0 Å². The van der Waals surface area contributed by atoms with Crippen molar-refractivity contribution < 1.29 is 4.52 Å². The second-order valence-electron chi connectivity index (χ2n) is 4.70. The van der Waals surface area contributed by atoms with Gasteiger partial charge in [-0.3, -0.25) is 4.98 Å². The Morgan fingerprint density at radius 2 is 2.10 bits per heavy atom. The number of aromatic nitrogens is 3. The van der Waals surface area contributed by atoms with E-state index < -0.39 is 6.04 Å². The molecule has 2 aromatic heterocycles. The summed E-state index contributed by atoms with van der Waals surface area (Å²) < 4.78 is 5.20. The molecule has 0 amide bonds. The number of rotatable bonds is 4. The summed E-state index contributed by atoms with van der Waals surface area (Å²) >= 11 is 0. The first-order valence-electron chi connectivity index (χ1n) is 6.71. The minimum absolute atomic E-state index is 0.428. The van der Waals surface area contributed by atoms with Gasteiger partial charge in [-0.15, -0.1) is 0 Å². The predicted octanol–water partition coefficient (Wildman–Crippen LogP) is 2.62. The predicted molar refractivity (Wildman–Crippen MR) is 76.1 cm³/mol. The molecule has 0 aliphatic heterocycles. The largest absolute Gasteiger partial charge is 0.339 e. The van der Waals surface area contributed by atoms with Gasteiger partial charge in [-0.2, -0.15) is 4.98 Å². The number of nitrogens with two attached hydrogens (primary N) is 1. The van der Waals surface area contributed by atoms with Crippen molar-refractivity contribution in [1.82, 2.24) is 15.1 Å². The summed E-state index contributed by atoms with van der Waals surface area (Å²) in [6.07, 6.45) is 3.50. The fraction of sp³-hybridized carbons (Fsp3) is 0.267. The van der Waals surface area contributed by atoms with Crippen molar-refractivity contribution in [3.05, 3.63) is 53.8 Å². The van der Waals surface area contributed by atoms with Crippen molar-refractivity contribution in [1.29, 1.82) is 0 Å². The van der Waals surface area contributed by atoms with Crippen LogP contribution in [0.25, 0.3) is 10.9 Å². The van der Waals surface area contributed by atoms with E-state index in [1.165, 1.54) is 0 Å². The molecule has 1 aromatic carbocycles. The summed E-state index contributed by atoms with van der Waals surface area (Å²) in [7, 11) is 0. The number of benzene rings is 1. The first kappa shape index (κ1) is 12.7. The fourth-order valence-electron chi connectivity index (χ4n) is 2.23. The van der Waals surface area contributed by atoms with E-state index in [-0.39, 0.29) is 0 Å². The van der Waals surface area contributed by atoms with Crippen molar-refractivity contribution in [2.24, 2.45) is 5.73 Å². The van der Waals surface area contributed by atoms with Crippen LogP contribution < -0.4 is 5.73 Å². The lowest BCUT2D eigenvalue weighted by molar-refractivity contribution is 0.370. The summed E-state index contributed by atoms with van der Waals surface area (Å²) in [5.41, 5.74) is 8.06. The van der Waals surface area contributed by atoms with Crippen LogP contribution in [0.3, 0.4) is 0 Å². The smallest absolute Gasteiger partial charge is 0.226 e. The van der Waals surface area contributed by atoms with Gasteiger partial charge in [0.15, 0.2) is 5.82 Å². The average Bonchev–Trinajstić information content (AvgIpc) is 2.95. The van der Waals surface area contributed by atoms with Crippen LogP contribution in [0, 0.1) is 0 Å². The molecule has 5 nitrogen and oxygen atoms in total. The lowest BCUT2D eigenvalue weighted by Gasteiger charge is -2.10. The van der Waals surface area contributed by atoms with E-state index in [4.69, 9.17) is 10.3 Å². The standard InChI is InChI=1S/C15H16N4O/c1-2-5-12-18-15(19-20-12)13(16)11-8-3-6-10-7-4-9-17-14(10)11/h3-4,6-9,13H,2,5,16H2,1H3. The third kappa shape index (κ3) is 2.28. The molecule has 0 fully saturated rings. The lowest BCUT2D eigenvalue weighted by Crippen LogP contribution is -2.14. The molecule has 102 valence electrons. The van der Waals surface area contributed by atoms with E-state index in [9.17, 15) is 0 Å². The maximum atomic E-state index is 6.27. The first-order valence-corrected chi connectivity index (χ1v) is 6.71. The van der Waals surface area contributed by atoms with Gasteiger partial charge in [0.1, 0.15) is 0 Å². The molecule has 3 rings (SSSR count). The summed E-state index contributed by atoms with van der Waals surface area (Å²) in [5, 5.41) is 5.03. The molecular weight excluding hydrogens is 252 g/mol. The van der Waals surface area contributed by atoms with E-state index in [1.54, 1.807) is 6.20 Å². The second kappa shape index (κ2) is 5.38. The monoisotopic (exact) mass is 268 g/mol. The number of para-hydroxylation sites is 1. The third-order valence-corrected chi connectivity index (χ3v) is 3.22. The maximum absolute atomic E-state index is 6.27. The molecule has 0 aliphatic carbocycles. The topological polar surface area (TPSA) is 77.8 Å². The van der Waals surface area contributed by atoms with Crippen molar-refractivity contribution in [3.63, 3.8) is 0 Å². The zero-order valence-electron chi connectivity index (χ0n) is 11.3. The lowest BCUT2D eigenvalue weighted by atomic mass is 10.0. The normalized spacial score (nSPS) is 12.7. The average molecular weight is 268 g/mol. The van der Waals surface area contributed by atoms with Gasteiger partial charge < -0.3 is 10.3 Å². The Kier molecular flexibility index (Phi) is 3.43. The fourth-order valence-corrected chi connectivity index (χ4v) is 2.23. The van der Waals surface area contributed by atoms with Crippen LogP contribution in [0.15, 0.2) is 41.1 Å². The molecule has 1 atom stereocenters. The van der Waals surface area contributed by atoms with Crippen LogP contribution >= 0.6 is 0 Å². The molecule has 2 heterocycles. The number of pyridine rings is 1. The highest BCUT2D eigenvalue weighted by molar-refractivity contribution is 5.82. The molecule has 20 heavy (non-hydrogen) atoms. The molecule has 0 spiro atoms. The number of nitrogens with zero attached hydrogens (tertiary/aromatic N) is 3. The Balaban J connectivity index is 2.01. The Labute approximate surface area is 116 Å². The SMILES string of the molecule is CCCc1nc(C(N)c2cccc3cccnc23)no1. The number of aryl methyl sites for hydroxylation is 1. The van der Waals surface area contributed by atoms with Crippen molar-refractivity contribution in [3.8, 4) is 0 Å². The van der Waals surface area contributed by atoms with E-state index in [2.05, 4.69) is 22.0 Å². The van der Waals surface area contributed by atoms with E-state index in [0.29, 0.717) is 11.7 Å². The Bertz CT molecular complexity index is 717. The first-order chi connectivity index (χ1) is 9.79. The summed E-state index contributed by atoms with van der Waals surface area (Å²) in [4.78, 5) is 8.76. The molecule has 0 bridgehead atoms. The molecule has 0 aliphatic rings. The van der Waals surface area contributed by atoms with Gasteiger partial charge in [0.2, 0.25) is 5.89 Å². The van der Waals surface area contributed by atoms with Gasteiger partial charge in [0.25, 0.3) is 0 Å². The maximum Gasteiger partial charge on any atom is 0.226 e. The molecule has 5 heteroatoms. The van der Waals surface area contributed by atoms with Crippen molar-refractivity contribution in [2.75, 3.05) is 0 Å². The van der Waals surface area contributed by atoms with Crippen LogP contribution in [-0.2, 0) is 6.42 Å². The van der Waals surface area contributed by atoms with E-state index >= 15 is 0 Å².